The van der Waals surface area contributed by atoms with Gasteiger partial charge in [0, 0.05) is 41.1 Å². The first kappa shape index (κ1) is 18.7. The molecule has 1 fully saturated rings. The van der Waals surface area contributed by atoms with E-state index in [1.807, 2.05) is 43.5 Å². The predicted octanol–water partition coefficient (Wildman–Crippen LogP) is 4.44. The molecule has 1 saturated carbocycles. The van der Waals surface area contributed by atoms with Crippen molar-refractivity contribution in [2.45, 2.75) is 31.6 Å². The van der Waals surface area contributed by atoms with Crippen molar-refractivity contribution in [2.24, 2.45) is 11.8 Å². The van der Waals surface area contributed by atoms with Crippen molar-refractivity contribution in [3.63, 3.8) is 0 Å². The van der Waals surface area contributed by atoms with E-state index in [4.69, 9.17) is 4.98 Å². The Morgan fingerprint density at radius 3 is 2.70 bits per heavy atom. The molecule has 0 saturated heterocycles. The molecule has 0 radical (unpaired) electrons. The number of ketones is 1. The molecule has 5 heteroatoms. The number of benzene rings is 1. The first-order valence-corrected chi connectivity index (χ1v) is 10.3. The Bertz CT molecular complexity index is 1130. The van der Waals surface area contributed by atoms with E-state index in [9.17, 15) is 9.90 Å². The average molecular weight is 397 g/mol. The van der Waals surface area contributed by atoms with Crippen molar-refractivity contribution in [1.29, 1.82) is 0 Å². The summed E-state index contributed by atoms with van der Waals surface area (Å²) >= 11 is 0. The summed E-state index contributed by atoms with van der Waals surface area (Å²) in [5.41, 5.74) is 4.07. The number of fused-ring (bicyclic) bond motifs is 3. The van der Waals surface area contributed by atoms with Crippen LogP contribution in [-0.2, 0) is 16.6 Å². The Labute approximate surface area is 175 Å². The third-order valence-corrected chi connectivity index (χ3v) is 6.81. The molecule has 1 aromatic carbocycles. The van der Waals surface area contributed by atoms with Crippen molar-refractivity contribution in [2.75, 3.05) is 0 Å². The van der Waals surface area contributed by atoms with Gasteiger partial charge in [0.25, 0.3) is 0 Å². The summed E-state index contributed by atoms with van der Waals surface area (Å²) in [7, 11) is 0. The molecule has 0 aliphatic heterocycles. The summed E-state index contributed by atoms with van der Waals surface area (Å²) in [6.07, 6.45) is 8.60. The van der Waals surface area contributed by atoms with Crippen LogP contribution in [0.1, 0.15) is 36.6 Å². The Morgan fingerprint density at radius 2 is 1.97 bits per heavy atom. The lowest BCUT2D eigenvalue weighted by atomic mass is 9.52. The van der Waals surface area contributed by atoms with E-state index in [-0.39, 0.29) is 17.6 Å². The number of hydrogen-bond acceptors (Lipinski definition) is 5. The first-order valence-electron chi connectivity index (χ1n) is 10.3. The van der Waals surface area contributed by atoms with Gasteiger partial charge in [-0.15, -0.1) is 0 Å². The van der Waals surface area contributed by atoms with E-state index in [0.717, 1.165) is 41.5 Å². The number of carbonyl (C=O) groups excluding carboxylic acids is 1. The molecule has 150 valence electrons. The molecule has 2 aliphatic carbocycles. The number of allylic oxidation sites excluding steroid dienone is 1. The van der Waals surface area contributed by atoms with Gasteiger partial charge in [0.1, 0.15) is 0 Å². The monoisotopic (exact) mass is 397 g/mol. The van der Waals surface area contributed by atoms with Crippen molar-refractivity contribution >= 4 is 5.78 Å². The third-order valence-electron chi connectivity index (χ3n) is 6.81. The fraction of sp³-hybridized carbons (Fsp3) is 0.280. The highest BCUT2D eigenvalue weighted by molar-refractivity contribution is 5.98. The second kappa shape index (κ2) is 7.17. The minimum atomic E-state index is -0.476. The Kier molecular flexibility index (Phi) is 4.46. The lowest BCUT2D eigenvalue weighted by Gasteiger charge is -2.50. The maximum Gasteiger partial charge on any atom is 0.165 e. The second-order valence-corrected chi connectivity index (χ2v) is 8.28. The highest BCUT2D eigenvalue weighted by Gasteiger charge is 2.54. The molecule has 0 bridgehead atoms. The summed E-state index contributed by atoms with van der Waals surface area (Å²) in [6.45, 7) is 1.99. The molecule has 2 aliphatic rings. The molecule has 0 amide bonds. The van der Waals surface area contributed by atoms with Crippen molar-refractivity contribution < 1.29 is 9.90 Å². The Balaban J connectivity index is 1.78. The number of rotatable bonds is 2. The van der Waals surface area contributed by atoms with Crippen LogP contribution in [0.5, 0.6) is 0 Å². The lowest BCUT2D eigenvalue weighted by molar-refractivity contribution is -0.123. The fourth-order valence-electron chi connectivity index (χ4n) is 5.40. The summed E-state index contributed by atoms with van der Waals surface area (Å²) in [4.78, 5) is 26.8. The molecular formula is C25H23N3O2. The second-order valence-electron chi connectivity index (χ2n) is 8.28. The number of carbonyl (C=O) groups is 1. The number of aliphatic hydroxyl groups excluding tert-OH is 1. The van der Waals surface area contributed by atoms with Gasteiger partial charge in [0.2, 0.25) is 0 Å². The van der Waals surface area contributed by atoms with Crippen LogP contribution >= 0.6 is 0 Å². The van der Waals surface area contributed by atoms with Crippen LogP contribution < -0.4 is 0 Å². The lowest BCUT2D eigenvalue weighted by Crippen LogP contribution is -2.51. The van der Waals surface area contributed by atoms with E-state index < -0.39 is 5.41 Å². The maximum absolute atomic E-state index is 12.9. The quantitative estimate of drug-likeness (QED) is 0.511. The van der Waals surface area contributed by atoms with Crippen LogP contribution in [0.25, 0.3) is 11.4 Å². The van der Waals surface area contributed by atoms with E-state index in [0.29, 0.717) is 17.8 Å². The highest BCUT2D eigenvalue weighted by atomic mass is 16.2. The number of nitrogens with zero attached hydrogens (tertiary/aromatic N) is 3. The summed E-state index contributed by atoms with van der Waals surface area (Å²) in [6, 6.07) is 14.1. The first-order chi connectivity index (χ1) is 14.6. The minimum Gasteiger partial charge on any atom is -0.515 e. The molecular weight excluding hydrogens is 374 g/mol. The zero-order valence-corrected chi connectivity index (χ0v) is 16.8. The zero-order valence-electron chi connectivity index (χ0n) is 16.8. The highest BCUT2D eigenvalue weighted by Crippen LogP contribution is 2.55. The smallest absolute Gasteiger partial charge is 0.165 e. The third kappa shape index (κ3) is 2.69. The average Bonchev–Trinajstić information content (AvgIpc) is 2.82. The van der Waals surface area contributed by atoms with Gasteiger partial charge >= 0.3 is 0 Å². The summed E-state index contributed by atoms with van der Waals surface area (Å²) < 4.78 is 0. The van der Waals surface area contributed by atoms with Crippen molar-refractivity contribution in [1.82, 2.24) is 15.0 Å². The van der Waals surface area contributed by atoms with Crippen LogP contribution in [0.15, 0.2) is 72.9 Å². The molecule has 5 rings (SSSR count). The van der Waals surface area contributed by atoms with Gasteiger partial charge in [-0.1, -0.05) is 37.3 Å². The normalized spacial score (nSPS) is 26.8. The number of Topliss-reactive ketones (excluding diaryl/α,β-unsaturated/α-hetero) is 1. The van der Waals surface area contributed by atoms with E-state index in [2.05, 4.69) is 22.1 Å². The molecule has 3 atom stereocenters. The van der Waals surface area contributed by atoms with Gasteiger partial charge in [-0.05, 0) is 48.4 Å². The molecule has 3 aromatic rings. The van der Waals surface area contributed by atoms with Crippen LogP contribution in [0.3, 0.4) is 0 Å². The molecule has 0 spiro atoms. The minimum absolute atomic E-state index is 0.0408. The molecule has 0 unspecified atom stereocenters. The van der Waals surface area contributed by atoms with Gasteiger partial charge in [-0.25, -0.2) is 9.97 Å². The Hall–Kier alpha value is -3.34. The molecule has 1 N–H and O–H groups in total. The predicted molar refractivity (Wildman–Crippen MR) is 114 cm³/mol. The Morgan fingerprint density at radius 1 is 1.13 bits per heavy atom. The van der Waals surface area contributed by atoms with Crippen molar-refractivity contribution in [3.05, 3.63) is 89.7 Å². The largest absolute Gasteiger partial charge is 0.515 e. The molecule has 30 heavy (non-hydrogen) atoms. The SMILES string of the molecule is C[C@@H]1C(=O)/C(=C\O)C[C@]2(c3ccccc3)c3nc(-c4cccnc4)ncc3CC[C@@H]12. The number of aromatic nitrogens is 3. The molecule has 2 heterocycles. The maximum atomic E-state index is 12.9. The molecule has 5 nitrogen and oxygen atoms in total. The number of aryl methyl sites for hydroxylation is 1. The summed E-state index contributed by atoms with van der Waals surface area (Å²) in [5, 5.41) is 9.89. The van der Waals surface area contributed by atoms with Crippen molar-refractivity contribution in [3.8, 4) is 11.4 Å². The number of pyridine rings is 1. The van der Waals surface area contributed by atoms with E-state index >= 15 is 0 Å². The van der Waals surface area contributed by atoms with E-state index in [1.54, 1.807) is 12.4 Å². The standard InChI is InChI=1S/C25H23N3O2/c1-16-21-10-9-17-14-27-24(18-6-5-11-26-13-18)28-23(17)25(21,12-19(15-29)22(16)30)20-7-3-2-4-8-20/h2-8,11,13-16,21,29H,9-10,12H2,1H3/b19-15-/t16-,21-,25+/m0/s1. The van der Waals surface area contributed by atoms with Crippen LogP contribution in [-0.4, -0.2) is 25.8 Å². The zero-order chi connectivity index (χ0) is 20.7. The van der Waals surface area contributed by atoms with Gasteiger partial charge in [-0.2, -0.15) is 0 Å². The van der Waals surface area contributed by atoms with Crippen LogP contribution in [0.4, 0.5) is 0 Å². The van der Waals surface area contributed by atoms with Crippen LogP contribution in [0, 0.1) is 11.8 Å². The summed E-state index contributed by atoms with van der Waals surface area (Å²) in [5.74, 6) is 0.596. The van der Waals surface area contributed by atoms with Gasteiger partial charge in [0.05, 0.1) is 12.0 Å². The van der Waals surface area contributed by atoms with E-state index in [1.165, 1.54) is 0 Å². The van der Waals surface area contributed by atoms with Gasteiger partial charge in [0.15, 0.2) is 11.6 Å². The van der Waals surface area contributed by atoms with Gasteiger partial charge < -0.3 is 5.11 Å². The number of aliphatic hydroxyl groups is 1. The molecule has 2 aromatic heterocycles. The fourth-order valence-corrected chi connectivity index (χ4v) is 5.40. The topological polar surface area (TPSA) is 76.0 Å². The van der Waals surface area contributed by atoms with Gasteiger partial charge in [-0.3, -0.25) is 9.78 Å². The van der Waals surface area contributed by atoms with Crippen LogP contribution in [0.2, 0.25) is 0 Å². The number of hydrogen-bond donors (Lipinski definition) is 1.